The molecule has 1 saturated heterocycles. The maximum Gasteiger partial charge on any atom is 0.243 e. The Hall–Kier alpha value is -3.19. The Balaban J connectivity index is 1.35. The van der Waals surface area contributed by atoms with Crippen LogP contribution in [0.1, 0.15) is 25.8 Å². The third-order valence-electron chi connectivity index (χ3n) is 5.95. The number of benzene rings is 2. The first-order valence-electron chi connectivity index (χ1n) is 12.4. The van der Waals surface area contributed by atoms with Crippen molar-refractivity contribution in [3.05, 3.63) is 54.1 Å². The molecule has 1 aliphatic rings. The average molecular weight is 482 g/mol. The Morgan fingerprint density at radius 3 is 2.40 bits per heavy atom. The van der Waals surface area contributed by atoms with Gasteiger partial charge >= 0.3 is 0 Å². The normalized spacial score (nSPS) is 14.4. The molecule has 0 saturated carbocycles. The predicted molar refractivity (Wildman–Crippen MR) is 142 cm³/mol. The summed E-state index contributed by atoms with van der Waals surface area (Å²) in [5, 5.41) is 2.98. The summed E-state index contributed by atoms with van der Waals surface area (Å²) in [4.78, 5) is 17.1. The number of methoxy groups -OCH3 is 2. The number of rotatable bonds is 12. The topological polar surface area (TPSA) is 63.3 Å². The molecule has 1 heterocycles. The monoisotopic (exact) mass is 481 g/mol. The van der Waals surface area contributed by atoms with Crippen LogP contribution in [0.2, 0.25) is 0 Å². The standard InChI is InChI=1S/C28H39N3O4/c1-22(2)21-35-26-12-6-23(20-27(26)34-4)7-13-28(32)29-14-5-15-30-16-18-31(19-17-30)24-8-10-25(33-3)11-9-24/h6-13,20,22H,5,14-19,21H2,1-4H3,(H,29,32)/b13-7+. The molecule has 1 N–H and O–H groups in total. The van der Waals surface area contributed by atoms with Crippen LogP contribution in [0.15, 0.2) is 48.5 Å². The minimum Gasteiger partial charge on any atom is -0.497 e. The zero-order chi connectivity index (χ0) is 25.0. The zero-order valence-electron chi connectivity index (χ0n) is 21.5. The van der Waals surface area contributed by atoms with Crippen LogP contribution in [-0.2, 0) is 4.79 Å². The molecule has 35 heavy (non-hydrogen) atoms. The minimum absolute atomic E-state index is 0.0894. The van der Waals surface area contributed by atoms with Crippen LogP contribution in [-0.4, -0.2) is 70.9 Å². The highest BCUT2D eigenvalue weighted by Gasteiger charge is 2.16. The largest absolute Gasteiger partial charge is 0.497 e. The first-order valence-corrected chi connectivity index (χ1v) is 12.4. The van der Waals surface area contributed by atoms with E-state index in [4.69, 9.17) is 14.2 Å². The van der Waals surface area contributed by atoms with Crippen LogP contribution in [0.5, 0.6) is 17.2 Å². The molecule has 7 heteroatoms. The molecule has 0 unspecified atom stereocenters. The second-order valence-electron chi connectivity index (χ2n) is 9.12. The maximum atomic E-state index is 12.2. The number of anilines is 1. The van der Waals surface area contributed by atoms with Crippen molar-refractivity contribution in [3.8, 4) is 17.2 Å². The highest BCUT2D eigenvalue weighted by molar-refractivity contribution is 5.91. The van der Waals surface area contributed by atoms with Gasteiger partial charge in [0.2, 0.25) is 5.91 Å². The van der Waals surface area contributed by atoms with E-state index >= 15 is 0 Å². The highest BCUT2D eigenvalue weighted by Crippen LogP contribution is 2.29. The predicted octanol–water partition coefficient (Wildman–Crippen LogP) is 4.08. The van der Waals surface area contributed by atoms with Crippen molar-refractivity contribution in [1.82, 2.24) is 10.2 Å². The summed E-state index contributed by atoms with van der Waals surface area (Å²) < 4.78 is 16.5. The summed E-state index contributed by atoms with van der Waals surface area (Å²) in [7, 11) is 3.31. The number of amides is 1. The van der Waals surface area contributed by atoms with Crippen LogP contribution in [0.25, 0.3) is 6.08 Å². The fraction of sp³-hybridized carbons (Fsp3) is 0.464. The van der Waals surface area contributed by atoms with Crippen LogP contribution < -0.4 is 24.4 Å². The highest BCUT2D eigenvalue weighted by atomic mass is 16.5. The van der Waals surface area contributed by atoms with Crippen LogP contribution in [0.3, 0.4) is 0 Å². The smallest absolute Gasteiger partial charge is 0.243 e. The molecule has 0 aromatic heterocycles. The van der Waals surface area contributed by atoms with E-state index in [1.165, 1.54) is 5.69 Å². The summed E-state index contributed by atoms with van der Waals surface area (Å²) in [6.07, 6.45) is 4.29. The van der Waals surface area contributed by atoms with Gasteiger partial charge in [0.25, 0.3) is 0 Å². The van der Waals surface area contributed by atoms with Crippen molar-refractivity contribution in [3.63, 3.8) is 0 Å². The fourth-order valence-corrected chi connectivity index (χ4v) is 3.93. The molecule has 2 aromatic carbocycles. The molecule has 0 bridgehead atoms. The van der Waals surface area contributed by atoms with Gasteiger partial charge in [-0.25, -0.2) is 0 Å². The third-order valence-corrected chi connectivity index (χ3v) is 5.95. The van der Waals surface area contributed by atoms with E-state index < -0.39 is 0 Å². The molecule has 7 nitrogen and oxygen atoms in total. The Labute approximate surface area is 209 Å². The maximum absolute atomic E-state index is 12.2. The number of nitrogens with one attached hydrogen (secondary N) is 1. The number of nitrogens with zero attached hydrogens (tertiary/aromatic N) is 2. The molecule has 2 aromatic rings. The van der Waals surface area contributed by atoms with Crippen LogP contribution in [0, 0.1) is 5.92 Å². The van der Waals surface area contributed by atoms with Crippen molar-refractivity contribution in [2.75, 3.05) is 65.0 Å². The molecular weight excluding hydrogens is 442 g/mol. The van der Waals surface area contributed by atoms with Gasteiger partial charge in [-0.05, 0) is 66.9 Å². The van der Waals surface area contributed by atoms with Crippen molar-refractivity contribution in [1.29, 1.82) is 0 Å². The van der Waals surface area contributed by atoms with Gasteiger partial charge in [0.05, 0.1) is 20.8 Å². The Morgan fingerprint density at radius 2 is 1.74 bits per heavy atom. The van der Waals surface area contributed by atoms with E-state index in [0.29, 0.717) is 30.6 Å². The van der Waals surface area contributed by atoms with Gasteiger partial charge in [-0.3, -0.25) is 9.69 Å². The van der Waals surface area contributed by atoms with Gasteiger partial charge in [0.1, 0.15) is 5.75 Å². The lowest BCUT2D eigenvalue weighted by Gasteiger charge is -2.36. The zero-order valence-corrected chi connectivity index (χ0v) is 21.5. The quantitative estimate of drug-likeness (QED) is 0.364. The molecule has 1 amide bonds. The van der Waals surface area contributed by atoms with Gasteiger partial charge in [0.15, 0.2) is 11.5 Å². The van der Waals surface area contributed by atoms with E-state index in [1.54, 1.807) is 26.4 Å². The van der Waals surface area contributed by atoms with Gasteiger partial charge in [0, 0.05) is 44.5 Å². The SMILES string of the molecule is COc1ccc(N2CCN(CCCNC(=O)/C=C/c3ccc(OCC(C)C)c(OC)c3)CC2)cc1. The molecule has 0 spiro atoms. The second kappa shape index (κ2) is 13.6. The number of piperazine rings is 1. The van der Waals surface area contributed by atoms with Crippen LogP contribution in [0.4, 0.5) is 5.69 Å². The molecule has 0 aliphatic carbocycles. The van der Waals surface area contributed by atoms with Gasteiger partial charge in [-0.1, -0.05) is 19.9 Å². The Kier molecular flexibility index (Phi) is 10.3. The lowest BCUT2D eigenvalue weighted by Crippen LogP contribution is -2.47. The van der Waals surface area contributed by atoms with Crippen molar-refractivity contribution < 1.29 is 19.0 Å². The molecule has 0 atom stereocenters. The first-order chi connectivity index (χ1) is 17.0. The number of hydrogen-bond acceptors (Lipinski definition) is 6. The Bertz CT molecular complexity index is 951. The van der Waals surface area contributed by atoms with Gasteiger partial charge < -0.3 is 24.4 Å². The summed E-state index contributed by atoms with van der Waals surface area (Å²) >= 11 is 0. The fourth-order valence-electron chi connectivity index (χ4n) is 3.93. The first kappa shape index (κ1) is 26.4. The molecule has 3 rings (SSSR count). The van der Waals surface area contributed by atoms with Gasteiger partial charge in [-0.2, -0.15) is 0 Å². The van der Waals surface area contributed by atoms with E-state index in [-0.39, 0.29) is 5.91 Å². The minimum atomic E-state index is -0.0894. The third kappa shape index (κ3) is 8.51. The lowest BCUT2D eigenvalue weighted by atomic mass is 10.2. The van der Waals surface area contributed by atoms with Crippen LogP contribution >= 0.6 is 0 Å². The molecule has 1 aliphatic heterocycles. The summed E-state index contributed by atoms with van der Waals surface area (Å²) in [6, 6.07) is 13.9. The van der Waals surface area contributed by atoms with Crippen molar-refractivity contribution in [2.24, 2.45) is 5.92 Å². The van der Waals surface area contributed by atoms with Crippen molar-refractivity contribution >= 4 is 17.7 Å². The van der Waals surface area contributed by atoms with E-state index in [1.807, 2.05) is 30.3 Å². The van der Waals surface area contributed by atoms with Gasteiger partial charge in [-0.15, -0.1) is 0 Å². The average Bonchev–Trinajstić information content (AvgIpc) is 2.89. The van der Waals surface area contributed by atoms with Crippen molar-refractivity contribution in [2.45, 2.75) is 20.3 Å². The summed E-state index contributed by atoms with van der Waals surface area (Å²) in [5.41, 5.74) is 2.13. The second-order valence-corrected chi connectivity index (χ2v) is 9.12. The summed E-state index contributed by atoms with van der Waals surface area (Å²) in [6.45, 7) is 10.5. The molecule has 0 radical (unpaired) electrons. The number of carbonyl (C=O) groups excluding carboxylic acids is 1. The molecule has 1 fully saturated rings. The lowest BCUT2D eigenvalue weighted by molar-refractivity contribution is -0.116. The Morgan fingerprint density at radius 1 is 1.00 bits per heavy atom. The molecular formula is C28H39N3O4. The number of carbonyl (C=O) groups is 1. The van der Waals surface area contributed by atoms with E-state index in [2.05, 4.69) is 41.1 Å². The summed E-state index contributed by atoms with van der Waals surface area (Å²) in [5.74, 6) is 2.61. The molecule has 190 valence electrons. The number of ether oxygens (including phenoxy) is 3. The van der Waals surface area contributed by atoms with E-state index in [9.17, 15) is 4.79 Å². The van der Waals surface area contributed by atoms with E-state index in [0.717, 1.165) is 50.5 Å². The number of hydrogen-bond donors (Lipinski definition) is 1.